The number of nitrogens with zero attached hydrogens (tertiary/aromatic N) is 1. The van der Waals surface area contributed by atoms with Gasteiger partial charge >= 0.3 is 0 Å². The average molecular weight is 303 g/mol. The molecule has 0 radical (unpaired) electrons. The van der Waals surface area contributed by atoms with Crippen LogP contribution in [0.2, 0.25) is 0 Å². The number of hydrogen-bond donors (Lipinski definition) is 0. The van der Waals surface area contributed by atoms with Gasteiger partial charge in [-0.25, -0.2) is 4.39 Å². The minimum Gasteiger partial charge on any atom is -0.298 e. The summed E-state index contributed by atoms with van der Waals surface area (Å²) < 4.78 is 14.2. The number of benzene rings is 1. The summed E-state index contributed by atoms with van der Waals surface area (Å²) in [5, 5.41) is 2.09. The summed E-state index contributed by atoms with van der Waals surface area (Å²) in [7, 11) is 0. The number of hydrogen-bond acceptors (Lipinski definition) is 3. The lowest BCUT2D eigenvalue weighted by molar-refractivity contribution is -0.124. The van der Waals surface area contributed by atoms with Crippen molar-refractivity contribution >= 4 is 17.1 Å². The lowest BCUT2D eigenvalue weighted by Crippen LogP contribution is -2.37. The maximum Gasteiger partial charge on any atom is 0.154 e. The highest BCUT2D eigenvalue weighted by molar-refractivity contribution is 7.10. The number of ketones is 1. The summed E-state index contributed by atoms with van der Waals surface area (Å²) in [5.41, 5.74) is 1.78. The van der Waals surface area contributed by atoms with Gasteiger partial charge < -0.3 is 0 Å². The number of thiophene rings is 1. The van der Waals surface area contributed by atoms with Gasteiger partial charge in [0.05, 0.1) is 6.04 Å². The molecule has 4 heteroatoms. The first-order valence-electron chi connectivity index (χ1n) is 7.27. The van der Waals surface area contributed by atoms with E-state index in [1.165, 1.54) is 16.5 Å². The van der Waals surface area contributed by atoms with Crippen molar-refractivity contribution in [2.45, 2.75) is 32.4 Å². The molecule has 1 atom stereocenters. The number of carbonyl (C=O) groups excluding carboxylic acids is 1. The SMILES string of the molecule is CCC(=O)C(c1ccccc1F)N1CCc2sccc2C1. The smallest absolute Gasteiger partial charge is 0.154 e. The van der Waals surface area contributed by atoms with Crippen molar-refractivity contribution in [1.29, 1.82) is 0 Å². The molecule has 1 aliphatic heterocycles. The van der Waals surface area contributed by atoms with Crippen LogP contribution in [0.5, 0.6) is 0 Å². The van der Waals surface area contributed by atoms with Crippen molar-refractivity contribution in [2.75, 3.05) is 6.54 Å². The van der Waals surface area contributed by atoms with Gasteiger partial charge in [0.15, 0.2) is 5.78 Å². The molecule has 1 aliphatic rings. The second-order valence-electron chi connectivity index (χ2n) is 5.33. The van der Waals surface area contributed by atoms with Gasteiger partial charge in [0.2, 0.25) is 0 Å². The molecular weight excluding hydrogens is 285 g/mol. The summed E-state index contributed by atoms with van der Waals surface area (Å²) in [5.74, 6) is -0.209. The predicted molar refractivity (Wildman–Crippen MR) is 82.9 cm³/mol. The molecule has 0 fully saturated rings. The van der Waals surface area contributed by atoms with Crippen LogP contribution in [-0.2, 0) is 17.8 Å². The van der Waals surface area contributed by atoms with Gasteiger partial charge in [-0.05, 0) is 29.5 Å². The normalized spacial score (nSPS) is 16.5. The predicted octanol–water partition coefficient (Wildman–Crippen LogP) is 3.97. The Morgan fingerprint density at radius 1 is 1.38 bits per heavy atom. The Labute approximate surface area is 128 Å². The fourth-order valence-electron chi connectivity index (χ4n) is 2.95. The van der Waals surface area contributed by atoms with E-state index in [4.69, 9.17) is 0 Å². The summed E-state index contributed by atoms with van der Waals surface area (Å²) in [6.45, 7) is 3.37. The van der Waals surface area contributed by atoms with Crippen LogP contribution in [0.25, 0.3) is 0 Å². The molecule has 1 aromatic carbocycles. The van der Waals surface area contributed by atoms with E-state index in [0.29, 0.717) is 12.0 Å². The molecule has 0 saturated heterocycles. The van der Waals surface area contributed by atoms with E-state index >= 15 is 0 Å². The molecule has 0 saturated carbocycles. The van der Waals surface area contributed by atoms with Gasteiger partial charge in [-0.3, -0.25) is 9.69 Å². The molecule has 0 amide bonds. The molecule has 0 bridgehead atoms. The zero-order chi connectivity index (χ0) is 14.8. The van der Waals surface area contributed by atoms with Crippen molar-refractivity contribution in [3.63, 3.8) is 0 Å². The molecule has 3 rings (SSSR count). The number of halogens is 1. The van der Waals surface area contributed by atoms with Crippen LogP contribution in [0.1, 0.15) is 35.4 Å². The first-order valence-corrected chi connectivity index (χ1v) is 8.15. The Morgan fingerprint density at radius 3 is 2.95 bits per heavy atom. The molecule has 1 aromatic heterocycles. The Kier molecular flexibility index (Phi) is 4.17. The van der Waals surface area contributed by atoms with E-state index in [9.17, 15) is 9.18 Å². The molecule has 0 aliphatic carbocycles. The van der Waals surface area contributed by atoms with Gasteiger partial charge in [0.1, 0.15) is 5.82 Å². The summed E-state index contributed by atoms with van der Waals surface area (Å²) in [6.07, 6.45) is 1.36. The highest BCUT2D eigenvalue weighted by Gasteiger charge is 2.31. The molecule has 2 heterocycles. The second-order valence-corrected chi connectivity index (χ2v) is 6.33. The van der Waals surface area contributed by atoms with Gasteiger partial charge in [0, 0.05) is 30.0 Å². The van der Waals surface area contributed by atoms with Crippen molar-refractivity contribution in [2.24, 2.45) is 0 Å². The first kappa shape index (κ1) is 14.4. The summed E-state index contributed by atoms with van der Waals surface area (Å²) in [6, 6.07) is 8.28. The zero-order valence-corrected chi connectivity index (χ0v) is 12.8. The zero-order valence-electron chi connectivity index (χ0n) is 12.0. The molecule has 1 unspecified atom stereocenters. The van der Waals surface area contributed by atoms with Gasteiger partial charge in [0.25, 0.3) is 0 Å². The van der Waals surface area contributed by atoms with E-state index in [-0.39, 0.29) is 11.6 Å². The first-order chi connectivity index (χ1) is 10.2. The van der Waals surface area contributed by atoms with Crippen molar-refractivity contribution in [3.8, 4) is 0 Å². The standard InChI is InChI=1S/C17H18FNOS/c1-2-15(20)17(13-5-3-4-6-14(13)18)19-9-7-16-12(11-19)8-10-21-16/h3-6,8,10,17H,2,7,9,11H2,1H3. The number of Topliss-reactive ketones (excluding diaryl/α,β-unsaturated/α-hetero) is 1. The lowest BCUT2D eigenvalue weighted by atomic mass is 9.96. The Bertz CT molecular complexity index is 652. The van der Waals surface area contributed by atoms with Crippen LogP contribution in [0.15, 0.2) is 35.7 Å². The van der Waals surface area contributed by atoms with E-state index < -0.39 is 6.04 Å². The van der Waals surface area contributed by atoms with E-state index in [2.05, 4.69) is 16.3 Å². The van der Waals surface area contributed by atoms with E-state index in [0.717, 1.165) is 19.5 Å². The van der Waals surface area contributed by atoms with Gasteiger partial charge in [-0.2, -0.15) is 0 Å². The van der Waals surface area contributed by atoms with Crippen molar-refractivity contribution < 1.29 is 9.18 Å². The Hall–Kier alpha value is -1.52. The van der Waals surface area contributed by atoms with Crippen LogP contribution in [0.4, 0.5) is 4.39 Å². The van der Waals surface area contributed by atoms with Gasteiger partial charge in [-0.1, -0.05) is 25.1 Å². The maximum atomic E-state index is 14.2. The molecule has 0 spiro atoms. The molecule has 0 N–H and O–H groups in total. The third-order valence-corrected chi connectivity index (χ3v) is 5.08. The minimum atomic E-state index is -0.468. The quantitative estimate of drug-likeness (QED) is 0.852. The largest absolute Gasteiger partial charge is 0.298 e. The number of rotatable bonds is 4. The van der Waals surface area contributed by atoms with Crippen molar-refractivity contribution in [3.05, 3.63) is 57.5 Å². The van der Waals surface area contributed by atoms with Crippen LogP contribution < -0.4 is 0 Å². The minimum absolute atomic E-state index is 0.0822. The van der Waals surface area contributed by atoms with Gasteiger partial charge in [-0.15, -0.1) is 11.3 Å². The topological polar surface area (TPSA) is 20.3 Å². The lowest BCUT2D eigenvalue weighted by Gasteiger charge is -2.34. The average Bonchev–Trinajstić information content (AvgIpc) is 2.97. The highest BCUT2D eigenvalue weighted by atomic mass is 32.1. The van der Waals surface area contributed by atoms with E-state index in [1.54, 1.807) is 29.5 Å². The molecule has 21 heavy (non-hydrogen) atoms. The second kappa shape index (κ2) is 6.08. The Morgan fingerprint density at radius 2 is 2.19 bits per heavy atom. The number of carbonyl (C=O) groups is 1. The van der Waals surface area contributed by atoms with Crippen molar-refractivity contribution in [1.82, 2.24) is 4.90 Å². The summed E-state index contributed by atoms with van der Waals surface area (Å²) in [4.78, 5) is 15.9. The van der Waals surface area contributed by atoms with Crippen LogP contribution in [0, 0.1) is 5.82 Å². The summed E-state index contributed by atoms with van der Waals surface area (Å²) >= 11 is 1.77. The molecule has 2 aromatic rings. The van der Waals surface area contributed by atoms with Crippen LogP contribution in [0.3, 0.4) is 0 Å². The third-order valence-electron chi connectivity index (χ3n) is 4.06. The fourth-order valence-corrected chi connectivity index (χ4v) is 3.84. The maximum absolute atomic E-state index is 14.2. The monoisotopic (exact) mass is 303 g/mol. The fraction of sp³-hybridized carbons (Fsp3) is 0.353. The molecular formula is C17H18FNOS. The molecule has 110 valence electrons. The number of fused-ring (bicyclic) bond motifs is 1. The Balaban J connectivity index is 1.94. The molecule has 2 nitrogen and oxygen atoms in total. The van der Waals surface area contributed by atoms with Crippen LogP contribution >= 0.6 is 11.3 Å². The van der Waals surface area contributed by atoms with Crippen LogP contribution in [-0.4, -0.2) is 17.2 Å². The van der Waals surface area contributed by atoms with E-state index in [1.807, 2.05) is 6.92 Å². The highest BCUT2D eigenvalue weighted by Crippen LogP contribution is 2.32. The third kappa shape index (κ3) is 2.78.